The van der Waals surface area contributed by atoms with E-state index in [0.717, 1.165) is 38.2 Å². The molecule has 0 aliphatic carbocycles. The van der Waals surface area contributed by atoms with E-state index in [2.05, 4.69) is 54.7 Å². The van der Waals surface area contributed by atoms with Gasteiger partial charge in [-0.3, -0.25) is 0 Å². The lowest BCUT2D eigenvalue weighted by Gasteiger charge is -2.09. The zero-order valence-electron chi connectivity index (χ0n) is 13.6. The molecule has 116 valence electrons. The minimum absolute atomic E-state index is 0.328. The van der Waals surface area contributed by atoms with Crippen molar-refractivity contribution in [2.75, 3.05) is 19.7 Å². The maximum Gasteiger partial charge on any atom is 0.0958 e. The first kappa shape index (κ1) is 16.0. The van der Waals surface area contributed by atoms with Crippen LogP contribution < -0.4 is 5.32 Å². The topological polar surface area (TPSA) is 39.1 Å². The monoisotopic (exact) mass is 289 g/mol. The predicted molar refractivity (Wildman–Crippen MR) is 87.8 cm³/mol. The van der Waals surface area contributed by atoms with Crippen LogP contribution in [0.2, 0.25) is 0 Å². The third-order valence-electron chi connectivity index (χ3n) is 3.72. The zero-order valence-corrected chi connectivity index (χ0v) is 13.6. The van der Waals surface area contributed by atoms with E-state index < -0.39 is 0 Å². The van der Waals surface area contributed by atoms with Crippen LogP contribution in [-0.2, 0) is 11.3 Å². The van der Waals surface area contributed by atoms with Gasteiger partial charge in [-0.25, -0.2) is 4.98 Å². The SMILES string of the molecule is Cc1cc2ncn(CCNCCCOC(C)C)c2cc1C. The molecule has 2 aromatic rings. The lowest BCUT2D eigenvalue weighted by atomic mass is 10.1. The predicted octanol–water partition coefficient (Wildman–Crippen LogP) is 3.06. The molecule has 1 heterocycles. The molecule has 1 aromatic heterocycles. The first-order chi connectivity index (χ1) is 10.1. The molecule has 0 bridgehead atoms. The van der Waals surface area contributed by atoms with Crippen molar-refractivity contribution in [1.82, 2.24) is 14.9 Å². The Kier molecular flexibility index (Phi) is 5.76. The van der Waals surface area contributed by atoms with Crippen LogP contribution in [0.15, 0.2) is 18.5 Å². The number of benzene rings is 1. The van der Waals surface area contributed by atoms with E-state index in [9.17, 15) is 0 Å². The number of nitrogens with one attached hydrogen (secondary N) is 1. The van der Waals surface area contributed by atoms with Crippen molar-refractivity contribution >= 4 is 11.0 Å². The number of aromatic nitrogens is 2. The first-order valence-electron chi connectivity index (χ1n) is 7.82. The molecule has 0 atom stereocenters. The van der Waals surface area contributed by atoms with Crippen molar-refractivity contribution in [3.8, 4) is 0 Å². The summed E-state index contributed by atoms with van der Waals surface area (Å²) in [5.74, 6) is 0. The molecule has 0 radical (unpaired) electrons. The van der Waals surface area contributed by atoms with Gasteiger partial charge in [0.2, 0.25) is 0 Å². The Morgan fingerprint density at radius 1 is 1.19 bits per heavy atom. The van der Waals surface area contributed by atoms with Gasteiger partial charge in [-0.05, 0) is 63.9 Å². The summed E-state index contributed by atoms with van der Waals surface area (Å²) >= 11 is 0. The largest absolute Gasteiger partial charge is 0.379 e. The smallest absolute Gasteiger partial charge is 0.0958 e. The van der Waals surface area contributed by atoms with Gasteiger partial charge in [0.25, 0.3) is 0 Å². The molecule has 0 saturated heterocycles. The average molecular weight is 289 g/mol. The summed E-state index contributed by atoms with van der Waals surface area (Å²) in [5, 5.41) is 3.46. The third kappa shape index (κ3) is 4.55. The van der Waals surface area contributed by atoms with Gasteiger partial charge in [0.15, 0.2) is 0 Å². The fraction of sp³-hybridized carbons (Fsp3) is 0.588. The van der Waals surface area contributed by atoms with Crippen LogP contribution in [0.5, 0.6) is 0 Å². The van der Waals surface area contributed by atoms with E-state index >= 15 is 0 Å². The summed E-state index contributed by atoms with van der Waals surface area (Å²) in [6.45, 7) is 12.2. The molecule has 0 spiro atoms. The van der Waals surface area contributed by atoms with Crippen LogP contribution in [0, 0.1) is 13.8 Å². The van der Waals surface area contributed by atoms with Crippen molar-refractivity contribution < 1.29 is 4.74 Å². The number of aryl methyl sites for hydroxylation is 2. The minimum Gasteiger partial charge on any atom is -0.379 e. The average Bonchev–Trinajstić information content (AvgIpc) is 2.80. The molecule has 0 aliphatic heterocycles. The fourth-order valence-corrected chi connectivity index (χ4v) is 2.33. The number of hydrogen-bond donors (Lipinski definition) is 1. The second-order valence-corrected chi connectivity index (χ2v) is 5.89. The summed E-state index contributed by atoms with van der Waals surface area (Å²) in [6.07, 6.45) is 3.32. The van der Waals surface area contributed by atoms with Crippen LogP contribution in [-0.4, -0.2) is 35.4 Å². The Hall–Kier alpha value is -1.39. The third-order valence-corrected chi connectivity index (χ3v) is 3.72. The molecule has 0 aliphatic rings. The molecule has 4 nitrogen and oxygen atoms in total. The van der Waals surface area contributed by atoms with Crippen LogP contribution in [0.25, 0.3) is 11.0 Å². The number of rotatable bonds is 8. The summed E-state index contributed by atoms with van der Waals surface area (Å²) in [4.78, 5) is 4.48. The van der Waals surface area contributed by atoms with Crippen LogP contribution in [0.1, 0.15) is 31.4 Å². The van der Waals surface area contributed by atoms with E-state index in [1.165, 1.54) is 16.6 Å². The van der Waals surface area contributed by atoms with Crippen molar-refractivity contribution in [3.63, 3.8) is 0 Å². The number of hydrogen-bond acceptors (Lipinski definition) is 3. The first-order valence-corrected chi connectivity index (χ1v) is 7.82. The van der Waals surface area contributed by atoms with E-state index in [4.69, 9.17) is 4.74 Å². The van der Waals surface area contributed by atoms with Gasteiger partial charge in [0.1, 0.15) is 0 Å². The highest BCUT2D eigenvalue weighted by atomic mass is 16.5. The Morgan fingerprint density at radius 3 is 2.71 bits per heavy atom. The van der Waals surface area contributed by atoms with Gasteiger partial charge in [-0.2, -0.15) is 0 Å². The Morgan fingerprint density at radius 2 is 1.95 bits per heavy atom. The van der Waals surface area contributed by atoms with E-state index in [0.29, 0.717) is 6.10 Å². The number of ether oxygens (including phenoxy) is 1. The molecular formula is C17H27N3O. The molecule has 4 heteroatoms. The quantitative estimate of drug-likeness (QED) is 0.759. The van der Waals surface area contributed by atoms with Crippen LogP contribution in [0.4, 0.5) is 0 Å². The molecule has 0 amide bonds. The normalized spacial score (nSPS) is 11.7. The lowest BCUT2D eigenvalue weighted by Crippen LogP contribution is -2.22. The summed E-state index contributed by atoms with van der Waals surface area (Å²) < 4.78 is 7.74. The number of fused-ring (bicyclic) bond motifs is 1. The van der Waals surface area contributed by atoms with Gasteiger partial charge >= 0.3 is 0 Å². The number of nitrogens with zero attached hydrogens (tertiary/aromatic N) is 2. The Balaban J connectivity index is 1.78. The Labute approximate surface area is 127 Å². The van der Waals surface area contributed by atoms with Gasteiger partial charge in [0.05, 0.1) is 23.5 Å². The fourth-order valence-electron chi connectivity index (χ4n) is 2.33. The van der Waals surface area contributed by atoms with E-state index in [1.54, 1.807) is 0 Å². The van der Waals surface area contributed by atoms with E-state index in [1.807, 2.05) is 6.33 Å². The second-order valence-electron chi connectivity index (χ2n) is 5.89. The highest BCUT2D eigenvalue weighted by Gasteiger charge is 2.04. The molecule has 0 fully saturated rings. The highest BCUT2D eigenvalue weighted by molar-refractivity contribution is 5.77. The van der Waals surface area contributed by atoms with Crippen LogP contribution >= 0.6 is 0 Å². The van der Waals surface area contributed by atoms with Gasteiger partial charge < -0.3 is 14.6 Å². The molecule has 2 rings (SSSR count). The Bertz CT molecular complexity index is 575. The van der Waals surface area contributed by atoms with Crippen molar-refractivity contribution in [3.05, 3.63) is 29.6 Å². The van der Waals surface area contributed by atoms with Crippen molar-refractivity contribution in [2.45, 2.75) is 46.8 Å². The molecule has 21 heavy (non-hydrogen) atoms. The second kappa shape index (κ2) is 7.57. The summed E-state index contributed by atoms with van der Waals surface area (Å²) in [5.41, 5.74) is 4.94. The van der Waals surface area contributed by atoms with Gasteiger partial charge in [-0.15, -0.1) is 0 Å². The van der Waals surface area contributed by atoms with Gasteiger partial charge in [0, 0.05) is 19.7 Å². The maximum absolute atomic E-state index is 5.52. The molecule has 0 unspecified atom stereocenters. The van der Waals surface area contributed by atoms with Crippen molar-refractivity contribution in [2.24, 2.45) is 0 Å². The van der Waals surface area contributed by atoms with E-state index in [-0.39, 0.29) is 0 Å². The molecule has 1 N–H and O–H groups in total. The standard InChI is InChI=1S/C17H27N3O/c1-13(2)21-9-5-6-18-7-8-20-12-19-16-10-14(3)15(4)11-17(16)20/h10-13,18H,5-9H2,1-4H3. The summed E-state index contributed by atoms with van der Waals surface area (Å²) in [6, 6.07) is 4.39. The molecular weight excluding hydrogens is 262 g/mol. The zero-order chi connectivity index (χ0) is 15.2. The van der Waals surface area contributed by atoms with Gasteiger partial charge in [-0.1, -0.05) is 0 Å². The highest BCUT2D eigenvalue weighted by Crippen LogP contribution is 2.18. The van der Waals surface area contributed by atoms with Crippen molar-refractivity contribution in [1.29, 1.82) is 0 Å². The molecule has 0 saturated carbocycles. The number of imidazole rings is 1. The maximum atomic E-state index is 5.52. The van der Waals surface area contributed by atoms with Crippen LogP contribution in [0.3, 0.4) is 0 Å². The summed E-state index contributed by atoms with van der Waals surface area (Å²) in [7, 11) is 0. The molecule has 1 aromatic carbocycles. The minimum atomic E-state index is 0.328. The lowest BCUT2D eigenvalue weighted by molar-refractivity contribution is 0.0771.